The second-order valence-electron chi connectivity index (χ2n) is 14.7. The van der Waals surface area contributed by atoms with Crippen molar-refractivity contribution in [3.63, 3.8) is 0 Å². The van der Waals surface area contributed by atoms with Gasteiger partial charge in [0, 0.05) is 16.7 Å². The van der Waals surface area contributed by atoms with Crippen LogP contribution in [-0.4, -0.2) is 31.1 Å². The fourth-order valence-electron chi connectivity index (χ4n) is 5.97. The fraction of sp³-hybridized carbons (Fsp3) is 0.133. The normalized spacial score (nSPS) is 13.2. The molecule has 0 radical (unpaired) electrons. The number of aromatic nitrogens is 3. The topological polar surface area (TPSA) is 38.7 Å². The monoisotopic (exact) mass is 686 g/mol. The van der Waals surface area contributed by atoms with E-state index in [1.807, 2.05) is 42.5 Å². The van der Waals surface area contributed by atoms with Crippen molar-refractivity contribution >= 4 is 26.5 Å². The van der Waals surface area contributed by atoms with E-state index in [1.165, 1.54) is 10.4 Å². The molecule has 3 nitrogen and oxygen atoms in total. The molecule has 246 valence electrons. The zero-order valence-corrected chi connectivity index (χ0v) is 31.4. The molecule has 0 aliphatic carbocycles. The Balaban J connectivity index is 1.28. The molecule has 0 fully saturated rings. The molecule has 0 atom stereocenters. The average molecular weight is 687 g/mol. The molecule has 7 rings (SSSR count). The lowest BCUT2D eigenvalue weighted by Crippen LogP contribution is -2.37. The van der Waals surface area contributed by atoms with Crippen LogP contribution in [0.5, 0.6) is 0 Å². The lowest BCUT2D eigenvalue weighted by molar-refractivity contribution is 1.07. The minimum absolute atomic E-state index is 0.187. The van der Waals surface area contributed by atoms with Gasteiger partial charge in [0.15, 0.2) is 17.5 Å². The molecule has 0 spiro atoms. The predicted octanol–water partition coefficient (Wildman–Crippen LogP) is 11.0. The van der Waals surface area contributed by atoms with Crippen molar-refractivity contribution in [2.24, 2.45) is 0 Å². The Hall–Kier alpha value is -5.24. The number of rotatable bonds is 8. The van der Waals surface area contributed by atoms with Crippen LogP contribution < -0.4 is 10.4 Å². The Bertz CT molecular complexity index is 2460. The SMILES string of the molecule is [2H]c1c([2H])c([2H])c(-c2cccc(-c3cccc(-c4cccc(-c5nc(-c6ccc([Si](C)(C)C)cc6)nc(-c6ccc([Si](C)(C)C)cc6)n5)c4)c3)c2)c([2H])c1[2H]. The third kappa shape index (κ3) is 7.35. The standard InChI is InChI=1S/C45H43N3Si2/c1-49(2,3)41-25-21-33(22-26-41)43-46-44(34-23-27-42(28-24-34)50(4,5)6)48-45(47-43)40-20-12-19-39(31-40)38-18-11-17-37(30-38)36-16-10-15-35(29-36)32-13-8-7-9-14-32/h7-31H,1-6H3/i7D,8D,9D,13D,14D. The summed E-state index contributed by atoms with van der Waals surface area (Å²) in [5.74, 6) is 1.85. The van der Waals surface area contributed by atoms with E-state index in [4.69, 9.17) is 21.8 Å². The lowest BCUT2D eigenvalue weighted by atomic mass is 9.95. The Labute approximate surface area is 305 Å². The predicted molar refractivity (Wildman–Crippen MR) is 218 cm³/mol. The van der Waals surface area contributed by atoms with Gasteiger partial charge in [0.25, 0.3) is 0 Å². The maximum atomic E-state index is 8.49. The second-order valence-corrected chi connectivity index (χ2v) is 24.9. The largest absolute Gasteiger partial charge is 0.208 e. The van der Waals surface area contributed by atoms with Crippen molar-refractivity contribution < 1.29 is 6.85 Å². The molecular weight excluding hydrogens is 639 g/mol. The van der Waals surface area contributed by atoms with E-state index in [0.717, 1.165) is 38.9 Å². The molecule has 50 heavy (non-hydrogen) atoms. The number of benzene rings is 6. The third-order valence-electron chi connectivity index (χ3n) is 8.95. The van der Waals surface area contributed by atoms with Gasteiger partial charge in [-0.05, 0) is 51.6 Å². The highest BCUT2D eigenvalue weighted by molar-refractivity contribution is 6.89. The second kappa shape index (κ2) is 13.6. The summed E-state index contributed by atoms with van der Waals surface area (Å²) >= 11 is 0. The molecule has 1 heterocycles. The summed E-state index contributed by atoms with van der Waals surface area (Å²) in [6, 6.07) is 39.7. The molecule has 7 aromatic rings. The van der Waals surface area contributed by atoms with E-state index >= 15 is 0 Å². The van der Waals surface area contributed by atoms with Gasteiger partial charge in [-0.2, -0.15) is 0 Å². The Morgan fingerprint density at radius 2 is 0.680 bits per heavy atom. The highest BCUT2D eigenvalue weighted by atomic mass is 28.3. The first-order valence-corrected chi connectivity index (χ1v) is 23.9. The van der Waals surface area contributed by atoms with Gasteiger partial charge < -0.3 is 0 Å². The molecule has 1 aromatic heterocycles. The first kappa shape index (κ1) is 27.6. The minimum Gasteiger partial charge on any atom is -0.208 e. The molecule has 0 aliphatic rings. The molecule has 0 bridgehead atoms. The molecular formula is C45H43N3Si2. The molecule has 0 unspecified atom stereocenters. The molecule has 6 aromatic carbocycles. The van der Waals surface area contributed by atoms with E-state index in [1.54, 1.807) is 6.07 Å². The van der Waals surface area contributed by atoms with Gasteiger partial charge in [-0.25, -0.2) is 15.0 Å². The summed E-state index contributed by atoms with van der Waals surface area (Å²) in [6.45, 7) is 14.1. The Morgan fingerprint density at radius 3 is 1.06 bits per heavy atom. The van der Waals surface area contributed by atoms with Crippen LogP contribution in [0.25, 0.3) is 67.5 Å². The highest BCUT2D eigenvalue weighted by Gasteiger charge is 2.19. The molecule has 0 N–H and O–H groups in total. The van der Waals surface area contributed by atoms with E-state index in [2.05, 4.69) is 112 Å². The van der Waals surface area contributed by atoms with Gasteiger partial charge in [-0.1, -0.05) is 183 Å². The summed E-state index contributed by atoms with van der Waals surface area (Å²) in [6.07, 6.45) is 0. The lowest BCUT2D eigenvalue weighted by Gasteiger charge is -2.17. The van der Waals surface area contributed by atoms with Crippen LogP contribution in [0.1, 0.15) is 6.85 Å². The zero-order valence-electron chi connectivity index (χ0n) is 34.4. The van der Waals surface area contributed by atoms with Crippen LogP contribution >= 0.6 is 0 Å². The maximum absolute atomic E-state index is 8.49. The molecule has 0 saturated heterocycles. The summed E-state index contributed by atoms with van der Waals surface area (Å²) in [5, 5.41) is 2.76. The molecule has 0 saturated carbocycles. The van der Waals surface area contributed by atoms with Crippen molar-refractivity contribution in [1.82, 2.24) is 15.0 Å². The highest BCUT2D eigenvalue weighted by Crippen LogP contribution is 2.32. The summed E-state index contributed by atoms with van der Waals surface area (Å²) < 4.78 is 41.3. The van der Waals surface area contributed by atoms with Crippen LogP contribution in [0.3, 0.4) is 0 Å². The first-order valence-electron chi connectivity index (χ1n) is 19.4. The van der Waals surface area contributed by atoms with Crippen LogP contribution in [0.4, 0.5) is 0 Å². The Morgan fingerprint density at radius 1 is 0.360 bits per heavy atom. The van der Waals surface area contributed by atoms with E-state index in [0.29, 0.717) is 23.0 Å². The number of nitrogens with zero attached hydrogens (tertiary/aromatic N) is 3. The maximum Gasteiger partial charge on any atom is 0.164 e. The summed E-state index contributed by atoms with van der Waals surface area (Å²) in [5.41, 5.74) is 7.30. The van der Waals surface area contributed by atoms with Gasteiger partial charge in [0.05, 0.1) is 23.0 Å². The van der Waals surface area contributed by atoms with Crippen LogP contribution in [-0.2, 0) is 0 Å². The van der Waals surface area contributed by atoms with Gasteiger partial charge in [-0.15, -0.1) is 0 Å². The van der Waals surface area contributed by atoms with E-state index in [9.17, 15) is 0 Å². The first-order chi connectivity index (χ1) is 26.1. The van der Waals surface area contributed by atoms with Crippen molar-refractivity contribution in [2.45, 2.75) is 39.3 Å². The minimum atomic E-state index is -1.48. The van der Waals surface area contributed by atoms with E-state index in [-0.39, 0.29) is 29.7 Å². The quantitative estimate of drug-likeness (QED) is 0.149. The smallest absolute Gasteiger partial charge is 0.164 e. The summed E-state index contributed by atoms with van der Waals surface area (Å²) in [7, 11) is -2.97. The van der Waals surface area contributed by atoms with E-state index < -0.39 is 22.2 Å². The van der Waals surface area contributed by atoms with Crippen LogP contribution in [0, 0.1) is 0 Å². The zero-order chi connectivity index (χ0) is 39.2. The van der Waals surface area contributed by atoms with Crippen LogP contribution in [0.15, 0.2) is 152 Å². The van der Waals surface area contributed by atoms with Crippen molar-refractivity contribution in [1.29, 1.82) is 0 Å². The number of hydrogen-bond donors (Lipinski definition) is 0. The fourth-order valence-corrected chi connectivity index (χ4v) is 8.30. The van der Waals surface area contributed by atoms with Gasteiger partial charge in [0.2, 0.25) is 0 Å². The van der Waals surface area contributed by atoms with Crippen LogP contribution in [0.2, 0.25) is 39.3 Å². The molecule has 0 aliphatic heterocycles. The van der Waals surface area contributed by atoms with Gasteiger partial charge >= 0.3 is 0 Å². The van der Waals surface area contributed by atoms with Crippen molar-refractivity contribution in [3.05, 3.63) is 152 Å². The third-order valence-corrected chi connectivity index (χ3v) is 13.1. The van der Waals surface area contributed by atoms with Crippen molar-refractivity contribution in [3.8, 4) is 67.5 Å². The average Bonchev–Trinajstić information content (AvgIpc) is 3.19. The molecule has 5 heteroatoms. The molecule has 0 amide bonds. The Kier molecular flexibility index (Phi) is 7.49. The summed E-state index contributed by atoms with van der Waals surface area (Å²) in [4.78, 5) is 15.1. The van der Waals surface area contributed by atoms with Crippen molar-refractivity contribution in [2.75, 3.05) is 0 Å². The van der Waals surface area contributed by atoms with Gasteiger partial charge in [-0.3, -0.25) is 0 Å². The van der Waals surface area contributed by atoms with Gasteiger partial charge in [0.1, 0.15) is 0 Å². The number of hydrogen-bond acceptors (Lipinski definition) is 3.